The SMILES string of the molecule is O=C(CCOc1cccc(CNC2CC2)c1)NC1CC1. The molecule has 2 saturated carbocycles. The van der Waals surface area contributed by atoms with E-state index < -0.39 is 0 Å². The highest BCUT2D eigenvalue weighted by Crippen LogP contribution is 2.20. The lowest BCUT2D eigenvalue weighted by atomic mass is 10.2. The van der Waals surface area contributed by atoms with E-state index in [4.69, 9.17) is 4.74 Å². The molecule has 2 aliphatic carbocycles. The van der Waals surface area contributed by atoms with E-state index in [1.807, 2.05) is 18.2 Å². The first-order chi connectivity index (χ1) is 9.79. The van der Waals surface area contributed by atoms with Gasteiger partial charge in [-0.15, -0.1) is 0 Å². The van der Waals surface area contributed by atoms with Gasteiger partial charge in [0.25, 0.3) is 0 Å². The topological polar surface area (TPSA) is 50.4 Å². The molecule has 0 spiro atoms. The molecule has 1 amide bonds. The lowest BCUT2D eigenvalue weighted by Gasteiger charge is -2.09. The third-order valence-electron chi connectivity index (χ3n) is 3.61. The van der Waals surface area contributed by atoms with Gasteiger partial charge in [0.2, 0.25) is 5.91 Å². The van der Waals surface area contributed by atoms with Crippen LogP contribution in [0, 0.1) is 0 Å². The molecule has 3 rings (SSSR count). The minimum absolute atomic E-state index is 0.0963. The summed E-state index contributed by atoms with van der Waals surface area (Å²) in [7, 11) is 0. The van der Waals surface area contributed by atoms with Gasteiger partial charge in [0, 0.05) is 18.6 Å². The highest BCUT2D eigenvalue weighted by atomic mass is 16.5. The quantitative estimate of drug-likeness (QED) is 0.762. The monoisotopic (exact) mass is 274 g/mol. The zero-order valence-corrected chi connectivity index (χ0v) is 11.7. The zero-order valence-electron chi connectivity index (χ0n) is 11.7. The number of rotatable bonds is 8. The standard InChI is InChI=1S/C16H22N2O2/c19-16(18-14-6-7-14)8-9-20-15-3-1-2-12(10-15)11-17-13-4-5-13/h1-3,10,13-14,17H,4-9,11H2,(H,18,19). The minimum atomic E-state index is 0.0963. The molecule has 0 unspecified atom stereocenters. The van der Waals surface area contributed by atoms with Crippen molar-refractivity contribution in [2.45, 2.75) is 50.7 Å². The van der Waals surface area contributed by atoms with Crippen molar-refractivity contribution in [3.8, 4) is 5.75 Å². The fourth-order valence-electron chi connectivity index (χ4n) is 2.08. The third kappa shape index (κ3) is 4.53. The van der Waals surface area contributed by atoms with Gasteiger partial charge in [0.05, 0.1) is 13.0 Å². The molecule has 0 aliphatic heterocycles. The number of nitrogens with one attached hydrogen (secondary N) is 2. The van der Waals surface area contributed by atoms with Crippen molar-refractivity contribution >= 4 is 5.91 Å². The highest BCUT2D eigenvalue weighted by Gasteiger charge is 2.23. The second-order valence-electron chi connectivity index (χ2n) is 5.74. The van der Waals surface area contributed by atoms with Gasteiger partial charge in [0.15, 0.2) is 0 Å². The second-order valence-corrected chi connectivity index (χ2v) is 5.74. The molecule has 1 aromatic carbocycles. The number of ether oxygens (including phenoxy) is 1. The fraction of sp³-hybridized carbons (Fsp3) is 0.562. The number of amides is 1. The van der Waals surface area contributed by atoms with E-state index in [-0.39, 0.29) is 5.91 Å². The van der Waals surface area contributed by atoms with Gasteiger partial charge in [-0.25, -0.2) is 0 Å². The maximum Gasteiger partial charge on any atom is 0.223 e. The van der Waals surface area contributed by atoms with Crippen molar-refractivity contribution in [3.05, 3.63) is 29.8 Å². The molecule has 20 heavy (non-hydrogen) atoms. The Morgan fingerprint density at radius 3 is 2.75 bits per heavy atom. The van der Waals surface area contributed by atoms with Gasteiger partial charge in [-0.1, -0.05) is 12.1 Å². The molecule has 1 aromatic rings. The van der Waals surface area contributed by atoms with Crippen molar-refractivity contribution in [2.24, 2.45) is 0 Å². The van der Waals surface area contributed by atoms with Gasteiger partial charge >= 0.3 is 0 Å². The summed E-state index contributed by atoms with van der Waals surface area (Å²) < 4.78 is 5.65. The summed E-state index contributed by atoms with van der Waals surface area (Å²) in [5.41, 5.74) is 1.23. The maximum absolute atomic E-state index is 11.5. The molecule has 0 bridgehead atoms. The van der Waals surface area contributed by atoms with Crippen LogP contribution >= 0.6 is 0 Å². The van der Waals surface area contributed by atoms with Crippen LogP contribution < -0.4 is 15.4 Å². The van der Waals surface area contributed by atoms with Crippen LogP contribution in [0.4, 0.5) is 0 Å². The number of carbonyl (C=O) groups is 1. The van der Waals surface area contributed by atoms with Crippen LogP contribution in [0.2, 0.25) is 0 Å². The third-order valence-corrected chi connectivity index (χ3v) is 3.61. The summed E-state index contributed by atoms with van der Waals surface area (Å²) in [5, 5.41) is 6.45. The van der Waals surface area contributed by atoms with Crippen LogP contribution in [0.25, 0.3) is 0 Å². The van der Waals surface area contributed by atoms with E-state index >= 15 is 0 Å². The Hall–Kier alpha value is -1.55. The van der Waals surface area contributed by atoms with Gasteiger partial charge in [-0.05, 0) is 43.4 Å². The van der Waals surface area contributed by atoms with Gasteiger partial charge in [-0.2, -0.15) is 0 Å². The average molecular weight is 274 g/mol. The summed E-state index contributed by atoms with van der Waals surface area (Å²) in [6.07, 6.45) is 5.28. The Morgan fingerprint density at radius 1 is 1.20 bits per heavy atom. The Balaban J connectivity index is 1.39. The Kier molecular flexibility index (Phi) is 4.21. The Morgan fingerprint density at radius 2 is 2.00 bits per heavy atom. The smallest absolute Gasteiger partial charge is 0.223 e. The summed E-state index contributed by atoms with van der Waals surface area (Å²) in [5.74, 6) is 0.943. The zero-order chi connectivity index (χ0) is 13.8. The van der Waals surface area contributed by atoms with Crippen LogP contribution in [-0.4, -0.2) is 24.6 Å². The molecule has 2 N–H and O–H groups in total. The number of hydrogen-bond donors (Lipinski definition) is 2. The molecule has 0 atom stereocenters. The fourth-order valence-corrected chi connectivity index (χ4v) is 2.08. The molecule has 0 saturated heterocycles. The molecular weight excluding hydrogens is 252 g/mol. The molecule has 0 radical (unpaired) electrons. The molecule has 4 nitrogen and oxygen atoms in total. The minimum Gasteiger partial charge on any atom is -0.493 e. The van der Waals surface area contributed by atoms with E-state index in [1.54, 1.807) is 0 Å². The highest BCUT2D eigenvalue weighted by molar-refractivity contribution is 5.76. The molecule has 0 heterocycles. The van der Waals surface area contributed by atoms with E-state index in [9.17, 15) is 4.79 Å². The maximum atomic E-state index is 11.5. The molecule has 4 heteroatoms. The average Bonchev–Trinajstić information content (AvgIpc) is 3.32. The van der Waals surface area contributed by atoms with Crippen molar-refractivity contribution in [1.82, 2.24) is 10.6 Å². The summed E-state index contributed by atoms with van der Waals surface area (Å²) >= 11 is 0. The largest absolute Gasteiger partial charge is 0.493 e. The number of benzene rings is 1. The number of carbonyl (C=O) groups excluding carboxylic acids is 1. The van der Waals surface area contributed by atoms with Crippen LogP contribution in [0.1, 0.15) is 37.7 Å². The molecule has 2 aliphatic rings. The van der Waals surface area contributed by atoms with Gasteiger partial charge < -0.3 is 15.4 Å². The van der Waals surface area contributed by atoms with E-state index in [2.05, 4.69) is 16.7 Å². The van der Waals surface area contributed by atoms with Crippen LogP contribution in [-0.2, 0) is 11.3 Å². The molecular formula is C16H22N2O2. The molecule has 108 valence electrons. The van der Waals surface area contributed by atoms with E-state index in [0.29, 0.717) is 25.1 Å². The molecule has 2 fully saturated rings. The van der Waals surface area contributed by atoms with E-state index in [1.165, 1.54) is 18.4 Å². The van der Waals surface area contributed by atoms with Crippen molar-refractivity contribution in [1.29, 1.82) is 0 Å². The van der Waals surface area contributed by atoms with Gasteiger partial charge in [0.1, 0.15) is 5.75 Å². The first-order valence-electron chi connectivity index (χ1n) is 7.54. The van der Waals surface area contributed by atoms with Crippen molar-refractivity contribution < 1.29 is 9.53 Å². The predicted molar refractivity (Wildman–Crippen MR) is 77.6 cm³/mol. The van der Waals surface area contributed by atoms with Gasteiger partial charge in [-0.3, -0.25) is 4.79 Å². The first kappa shape index (κ1) is 13.4. The first-order valence-corrected chi connectivity index (χ1v) is 7.54. The summed E-state index contributed by atoms with van der Waals surface area (Å²) in [6.45, 7) is 1.34. The van der Waals surface area contributed by atoms with E-state index in [0.717, 1.165) is 25.1 Å². The normalized spacial score (nSPS) is 17.8. The summed E-state index contributed by atoms with van der Waals surface area (Å²) in [4.78, 5) is 11.5. The summed E-state index contributed by atoms with van der Waals surface area (Å²) in [6, 6.07) is 9.24. The van der Waals surface area contributed by atoms with Crippen molar-refractivity contribution in [3.63, 3.8) is 0 Å². The van der Waals surface area contributed by atoms with Crippen LogP contribution in [0.5, 0.6) is 5.75 Å². The lowest BCUT2D eigenvalue weighted by molar-refractivity contribution is -0.121. The Bertz CT molecular complexity index is 467. The Labute approximate surface area is 119 Å². The lowest BCUT2D eigenvalue weighted by Crippen LogP contribution is -2.26. The second kappa shape index (κ2) is 6.27. The van der Waals surface area contributed by atoms with Crippen molar-refractivity contribution in [2.75, 3.05) is 6.61 Å². The predicted octanol–water partition coefficient (Wildman–Crippen LogP) is 1.99. The number of hydrogen-bond acceptors (Lipinski definition) is 3. The molecule has 0 aromatic heterocycles. The van der Waals surface area contributed by atoms with Crippen LogP contribution in [0.15, 0.2) is 24.3 Å². The van der Waals surface area contributed by atoms with Crippen LogP contribution in [0.3, 0.4) is 0 Å².